The lowest BCUT2D eigenvalue weighted by Crippen LogP contribution is -2.44. The van der Waals surface area contributed by atoms with Crippen molar-refractivity contribution in [2.45, 2.75) is 32.7 Å². The lowest BCUT2D eigenvalue weighted by molar-refractivity contribution is 0.0922. The molecule has 0 spiro atoms. The summed E-state index contributed by atoms with van der Waals surface area (Å²) in [5, 5.41) is 0. The lowest BCUT2D eigenvalue weighted by Gasteiger charge is -2.19. The van der Waals surface area contributed by atoms with Gasteiger partial charge in [-0.15, -0.1) is 6.58 Å². The maximum atomic E-state index is 11.8. The van der Waals surface area contributed by atoms with Crippen LogP contribution in [0.1, 0.15) is 37.0 Å². The third-order valence-electron chi connectivity index (χ3n) is 2.63. The van der Waals surface area contributed by atoms with Crippen molar-refractivity contribution in [2.75, 3.05) is 0 Å². The van der Waals surface area contributed by atoms with Gasteiger partial charge < -0.3 is 0 Å². The summed E-state index contributed by atoms with van der Waals surface area (Å²) in [6.07, 6.45) is 3.71. The Morgan fingerprint density at radius 1 is 1.33 bits per heavy atom. The van der Waals surface area contributed by atoms with Gasteiger partial charge in [0.25, 0.3) is 5.91 Å². The topological polar surface area (TPSA) is 41.1 Å². The number of hydrazine groups is 1. The summed E-state index contributed by atoms with van der Waals surface area (Å²) in [5.41, 5.74) is 6.49. The normalized spacial score (nSPS) is 12.2. The smallest absolute Gasteiger partial charge is 0.265 e. The first-order chi connectivity index (χ1) is 8.63. The fourth-order valence-electron chi connectivity index (χ4n) is 1.81. The van der Waals surface area contributed by atoms with Gasteiger partial charge in [-0.25, -0.2) is 5.43 Å². The van der Waals surface area contributed by atoms with E-state index in [-0.39, 0.29) is 11.9 Å². The second-order valence-electron chi connectivity index (χ2n) is 4.82. The van der Waals surface area contributed by atoms with Crippen molar-refractivity contribution >= 4 is 5.91 Å². The Labute approximate surface area is 109 Å². The fraction of sp³-hybridized carbons (Fsp3) is 0.400. The van der Waals surface area contributed by atoms with Gasteiger partial charge in [-0.3, -0.25) is 10.2 Å². The molecule has 0 saturated heterocycles. The number of hydrogen-bond acceptors (Lipinski definition) is 2. The van der Waals surface area contributed by atoms with E-state index in [0.717, 1.165) is 12.8 Å². The molecule has 2 N–H and O–H groups in total. The molecule has 1 aromatic rings. The molecule has 0 saturated carbocycles. The monoisotopic (exact) mass is 246 g/mol. The number of rotatable bonds is 7. The zero-order chi connectivity index (χ0) is 13.4. The third-order valence-corrected chi connectivity index (χ3v) is 2.63. The molecular formula is C15H22N2O. The first kappa shape index (κ1) is 14.5. The van der Waals surface area contributed by atoms with Gasteiger partial charge in [-0.1, -0.05) is 38.1 Å². The van der Waals surface area contributed by atoms with Crippen molar-refractivity contribution in [3.05, 3.63) is 48.6 Å². The van der Waals surface area contributed by atoms with E-state index in [2.05, 4.69) is 31.3 Å². The van der Waals surface area contributed by atoms with Crippen LogP contribution in [-0.4, -0.2) is 11.9 Å². The Bertz CT molecular complexity index is 373. The Morgan fingerprint density at radius 3 is 2.56 bits per heavy atom. The second kappa shape index (κ2) is 7.67. The fourth-order valence-corrected chi connectivity index (χ4v) is 1.81. The van der Waals surface area contributed by atoms with Gasteiger partial charge in [0.05, 0.1) is 0 Å². The average Bonchev–Trinajstić information content (AvgIpc) is 2.36. The molecule has 1 atom stereocenters. The third kappa shape index (κ3) is 5.15. The quantitative estimate of drug-likeness (QED) is 0.573. The van der Waals surface area contributed by atoms with Crippen LogP contribution in [0.5, 0.6) is 0 Å². The van der Waals surface area contributed by atoms with Crippen molar-refractivity contribution in [1.82, 2.24) is 10.9 Å². The van der Waals surface area contributed by atoms with Crippen LogP contribution in [0.3, 0.4) is 0 Å². The van der Waals surface area contributed by atoms with E-state index in [0.29, 0.717) is 11.5 Å². The molecule has 3 nitrogen and oxygen atoms in total. The molecule has 0 bridgehead atoms. The summed E-state index contributed by atoms with van der Waals surface area (Å²) >= 11 is 0. The van der Waals surface area contributed by atoms with Gasteiger partial charge in [0.1, 0.15) is 0 Å². The molecule has 0 heterocycles. The van der Waals surface area contributed by atoms with Gasteiger partial charge in [0, 0.05) is 11.6 Å². The minimum Gasteiger partial charge on any atom is -0.287 e. The summed E-state index contributed by atoms with van der Waals surface area (Å²) in [5.74, 6) is 0.476. The van der Waals surface area contributed by atoms with E-state index >= 15 is 0 Å². The van der Waals surface area contributed by atoms with Crippen LogP contribution in [0.15, 0.2) is 43.0 Å². The highest BCUT2D eigenvalue weighted by Crippen LogP contribution is 2.07. The van der Waals surface area contributed by atoms with Crippen LogP contribution in [0.4, 0.5) is 0 Å². The Morgan fingerprint density at radius 2 is 2.00 bits per heavy atom. The molecule has 0 aliphatic heterocycles. The van der Waals surface area contributed by atoms with Crippen LogP contribution >= 0.6 is 0 Å². The number of amides is 1. The molecule has 18 heavy (non-hydrogen) atoms. The van der Waals surface area contributed by atoms with Crippen LogP contribution in [0, 0.1) is 5.92 Å². The highest BCUT2D eigenvalue weighted by molar-refractivity contribution is 5.93. The molecule has 1 amide bonds. The van der Waals surface area contributed by atoms with E-state index in [1.165, 1.54) is 0 Å². The summed E-state index contributed by atoms with van der Waals surface area (Å²) in [7, 11) is 0. The van der Waals surface area contributed by atoms with Gasteiger partial charge in [0.2, 0.25) is 0 Å². The highest BCUT2D eigenvalue weighted by Gasteiger charge is 2.11. The molecule has 3 heteroatoms. The zero-order valence-electron chi connectivity index (χ0n) is 11.1. The Hall–Kier alpha value is -1.61. The standard InChI is InChI=1S/C15H22N2O/c1-4-8-14(11-12(2)3)16-17-15(18)13-9-6-5-7-10-13/h4-7,9-10,12,14,16H,1,8,11H2,2-3H3,(H,17,18). The molecule has 0 aliphatic rings. The largest absolute Gasteiger partial charge is 0.287 e. The number of nitrogens with one attached hydrogen (secondary N) is 2. The van der Waals surface area contributed by atoms with E-state index in [1.807, 2.05) is 24.3 Å². The summed E-state index contributed by atoms with van der Waals surface area (Å²) in [6, 6.07) is 9.41. The maximum absolute atomic E-state index is 11.8. The van der Waals surface area contributed by atoms with Crippen LogP contribution < -0.4 is 10.9 Å². The molecule has 0 radical (unpaired) electrons. The molecule has 0 aromatic heterocycles. The summed E-state index contributed by atoms with van der Waals surface area (Å²) in [4.78, 5) is 11.8. The predicted octanol–water partition coefficient (Wildman–Crippen LogP) is 2.91. The van der Waals surface area contributed by atoms with Gasteiger partial charge >= 0.3 is 0 Å². The lowest BCUT2D eigenvalue weighted by atomic mass is 10.0. The van der Waals surface area contributed by atoms with Crippen molar-refractivity contribution in [1.29, 1.82) is 0 Å². The maximum Gasteiger partial charge on any atom is 0.265 e. The van der Waals surface area contributed by atoms with E-state index in [4.69, 9.17) is 0 Å². The highest BCUT2D eigenvalue weighted by atomic mass is 16.2. The first-order valence-corrected chi connectivity index (χ1v) is 6.35. The average molecular weight is 246 g/mol. The number of carbonyl (C=O) groups excluding carboxylic acids is 1. The molecule has 1 aromatic carbocycles. The predicted molar refractivity (Wildman–Crippen MR) is 75.1 cm³/mol. The zero-order valence-corrected chi connectivity index (χ0v) is 11.1. The minimum absolute atomic E-state index is 0.103. The van der Waals surface area contributed by atoms with Crippen molar-refractivity contribution < 1.29 is 4.79 Å². The van der Waals surface area contributed by atoms with Crippen molar-refractivity contribution in [3.63, 3.8) is 0 Å². The molecule has 98 valence electrons. The number of carbonyl (C=O) groups is 1. The minimum atomic E-state index is -0.103. The van der Waals surface area contributed by atoms with Crippen molar-refractivity contribution in [3.8, 4) is 0 Å². The van der Waals surface area contributed by atoms with Crippen LogP contribution in [0.25, 0.3) is 0 Å². The van der Waals surface area contributed by atoms with E-state index in [9.17, 15) is 4.79 Å². The number of hydrogen-bond donors (Lipinski definition) is 2. The van der Waals surface area contributed by atoms with Crippen molar-refractivity contribution in [2.24, 2.45) is 5.92 Å². The SMILES string of the molecule is C=CCC(CC(C)C)NNC(=O)c1ccccc1. The molecule has 0 aliphatic carbocycles. The summed E-state index contributed by atoms with van der Waals surface area (Å²) in [6.45, 7) is 8.07. The van der Waals surface area contributed by atoms with Gasteiger partial charge in [-0.2, -0.15) is 0 Å². The molecule has 0 fully saturated rings. The molecule has 1 rings (SSSR count). The second-order valence-corrected chi connectivity index (χ2v) is 4.82. The Balaban J connectivity index is 2.46. The van der Waals surface area contributed by atoms with Gasteiger partial charge in [-0.05, 0) is 30.9 Å². The molecule has 1 unspecified atom stereocenters. The van der Waals surface area contributed by atoms with Crippen LogP contribution in [-0.2, 0) is 0 Å². The van der Waals surface area contributed by atoms with Crippen LogP contribution in [0.2, 0.25) is 0 Å². The van der Waals surface area contributed by atoms with E-state index in [1.54, 1.807) is 12.1 Å². The summed E-state index contributed by atoms with van der Waals surface area (Å²) < 4.78 is 0. The first-order valence-electron chi connectivity index (χ1n) is 6.35. The number of benzene rings is 1. The van der Waals surface area contributed by atoms with Gasteiger partial charge in [0.15, 0.2) is 0 Å². The Kier molecular flexibility index (Phi) is 6.15. The molecular weight excluding hydrogens is 224 g/mol. The van der Waals surface area contributed by atoms with E-state index < -0.39 is 0 Å².